The van der Waals surface area contributed by atoms with Crippen LogP contribution in [0.3, 0.4) is 0 Å². The zero-order valence-electron chi connectivity index (χ0n) is 22.5. The van der Waals surface area contributed by atoms with Crippen LogP contribution in [0.2, 0.25) is 0 Å². The molecule has 208 valence electrons. The molecule has 3 heterocycles. The third-order valence-corrected chi connectivity index (χ3v) is 7.77. The average molecular weight is 553 g/mol. The Morgan fingerprint density at radius 3 is 2.53 bits per heavy atom. The molecule has 2 aliphatic rings. The van der Waals surface area contributed by atoms with Gasteiger partial charge < -0.3 is 20.3 Å². The fraction of sp³-hybridized carbons (Fsp3) is 0.593. The lowest BCUT2D eigenvalue weighted by atomic mass is 9.85. The number of benzene rings is 1. The Morgan fingerprint density at radius 2 is 1.89 bits per heavy atom. The molecule has 2 amide bonds. The number of carbonyl (C=O) groups is 2. The van der Waals surface area contributed by atoms with Crippen LogP contribution in [-0.2, 0) is 15.7 Å². The van der Waals surface area contributed by atoms with Crippen LogP contribution in [-0.4, -0.2) is 58.7 Å². The van der Waals surface area contributed by atoms with Crippen molar-refractivity contribution in [1.82, 2.24) is 20.5 Å². The van der Waals surface area contributed by atoms with Gasteiger partial charge >= 0.3 is 12.3 Å². The quantitative estimate of drug-likeness (QED) is 0.529. The standard InChI is InChI=1S/C27H35F3N4O3S/c1-25(2,3)21(33-24(36)37-26(4,5)6)23(35)34-11-10-18-20(34)17(13-31-18)19-14-38-22(32-19)15-8-7-9-16(12-15)27(28,29)30/h7-9,12,14,17-18,20-21,31H,10-11,13H2,1-6H3,(H,33,36)/t17-,18-,20-,21-/m1/s1. The molecule has 7 nitrogen and oxygen atoms in total. The third-order valence-electron chi connectivity index (χ3n) is 6.86. The molecule has 4 rings (SSSR count). The first-order valence-corrected chi connectivity index (χ1v) is 13.6. The van der Waals surface area contributed by atoms with Crippen molar-refractivity contribution >= 4 is 23.3 Å². The molecule has 0 radical (unpaired) electrons. The molecule has 0 saturated carbocycles. The van der Waals surface area contributed by atoms with Crippen LogP contribution in [0.25, 0.3) is 10.6 Å². The minimum absolute atomic E-state index is 0.0739. The first kappa shape index (κ1) is 28.4. The molecular weight excluding hydrogens is 517 g/mol. The minimum Gasteiger partial charge on any atom is -0.444 e. The maximum absolute atomic E-state index is 13.9. The summed E-state index contributed by atoms with van der Waals surface area (Å²) in [5.74, 6) is -0.303. The van der Waals surface area contributed by atoms with E-state index in [1.165, 1.54) is 17.4 Å². The number of likely N-dealkylation sites (tertiary alicyclic amines) is 1. The van der Waals surface area contributed by atoms with Crippen molar-refractivity contribution in [1.29, 1.82) is 0 Å². The van der Waals surface area contributed by atoms with Crippen LogP contribution in [0.5, 0.6) is 0 Å². The number of hydrogen-bond donors (Lipinski definition) is 2. The maximum atomic E-state index is 13.9. The van der Waals surface area contributed by atoms with E-state index in [1.54, 1.807) is 26.8 Å². The summed E-state index contributed by atoms with van der Waals surface area (Å²) in [6.45, 7) is 12.1. The molecule has 2 saturated heterocycles. The number of hydrogen-bond acceptors (Lipinski definition) is 6. The average Bonchev–Trinajstić information content (AvgIpc) is 3.51. The SMILES string of the molecule is CC(C)(C)OC(=O)N[C@H](C(=O)N1CC[C@H]2NC[C@H](c3csc(-c4cccc(C(F)(F)F)c4)n3)[C@H]21)C(C)(C)C. The highest BCUT2D eigenvalue weighted by Crippen LogP contribution is 2.39. The molecule has 38 heavy (non-hydrogen) atoms. The molecule has 0 spiro atoms. The number of carbonyl (C=O) groups excluding carboxylic acids is 2. The molecule has 0 bridgehead atoms. The molecular formula is C27H35F3N4O3S. The number of amides is 2. The lowest BCUT2D eigenvalue weighted by Gasteiger charge is -2.37. The van der Waals surface area contributed by atoms with Crippen molar-refractivity contribution in [2.24, 2.45) is 5.41 Å². The Hall–Kier alpha value is -2.66. The van der Waals surface area contributed by atoms with Gasteiger partial charge in [0.15, 0.2) is 0 Å². The van der Waals surface area contributed by atoms with Crippen LogP contribution in [0.4, 0.5) is 18.0 Å². The van der Waals surface area contributed by atoms with E-state index in [0.717, 1.165) is 24.2 Å². The Bertz CT molecular complexity index is 1190. The van der Waals surface area contributed by atoms with Gasteiger partial charge in [-0.05, 0) is 44.7 Å². The number of thiazole rings is 1. The zero-order chi connectivity index (χ0) is 28.0. The van der Waals surface area contributed by atoms with Gasteiger partial charge in [-0.3, -0.25) is 4.79 Å². The third kappa shape index (κ3) is 6.14. The summed E-state index contributed by atoms with van der Waals surface area (Å²) in [4.78, 5) is 33.0. The zero-order valence-corrected chi connectivity index (χ0v) is 23.3. The highest BCUT2D eigenvalue weighted by molar-refractivity contribution is 7.13. The molecule has 11 heteroatoms. The topological polar surface area (TPSA) is 83.6 Å². The fourth-order valence-electron chi connectivity index (χ4n) is 5.13. The van der Waals surface area contributed by atoms with Crippen molar-refractivity contribution in [2.75, 3.05) is 13.1 Å². The molecule has 1 aromatic heterocycles. The summed E-state index contributed by atoms with van der Waals surface area (Å²) < 4.78 is 45.1. The number of nitrogens with zero attached hydrogens (tertiary/aromatic N) is 2. The normalized spacial score (nSPS) is 22.8. The van der Waals surface area contributed by atoms with Crippen molar-refractivity contribution in [3.05, 3.63) is 40.9 Å². The molecule has 2 aliphatic heterocycles. The van der Waals surface area contributed by atoms with E-state index in [9.17, 15) is 22.8 Å². The van der Waals surface area contributed by atoms with Crippen molar-refractivity contribution in [3.8, 4) is 10.6 Å². The van der Waals surface area contributed by atoms with E-state index in [2.05, 4.69) is 10.6 Å². The van der Waals surface area contributed by atoms with Crippen molar-refractivity contribution in [2.45, 2.75) is 83.8 Å². The van der Waals surface area contributed by atoms with Gasteiger partial charge in [0.25, 0.3) is 0 Å². The predicted octanol–water partition coefficient (Wildman–Crippen LogP) is 5.42. The number of ether oxygens (including phenoxy) is 1. The van der Waals surface area contributed by atoms with Crippen molar-refractivity contribution in [3.63, 3.8) is 0 Å². The van der Waals surface area contributed by atoms with Crippen LogP contribution in [0.1, 0.15) is 65.1 Å². The molecule has 0 aliphatic carbocycles. The van der Waals surface area contributed by atoms with Crippen molar-refractivity contribution < 1.29 is 27.5 Å². The summed E-state index contributed by atoms with van der Waals surface area (Å²) in [7, 11) is 0. The van der Waals surface area contributed by atoms with Gasteiger partial charge in [0.2, 0.25) is 5.91 Å². The number of halogens is 3. The molecule has 2 fully saturated rings. The van der Waals surface area contributed by atoms with Gasteiger partial charge in [0.05, 0.1) is 17.3 Å². The molecule has 0 unspecified atom stereocenters. The Labute approximate surface area is 225 Å². The van der Waals surface area contributed by atoms with Gasteiger partial charge in [0, 0.05) is 36.0 Å². The molecule has 2 aromatic rings. The van der Waals surface area contributed by atoms with Crippen LogP contribution >= 0.6 is 11.3 Å². The van der Waals surface area contributed by atoms with Gasteiger partial charge in [0.1, 0.15) is 16.7 Å². The predicted molar refractivity (Wildman–Crippen MR) is 140 cm³/mol. The maximum Gasteiger partial charge on any atom is 0.416 e. The van der Waals surface area contributed by atoms with Gasteiger partial charge in [-0.15, -0.1) is 11.3 Å². The van der Waals surface area contributed by atoms with E-state index in [0.29, 0.717) is 23.7 Å². The van der Waals surface area contributed by atoms with E-state index in [-0.39, 0.29) is 23.9 Å². The first-order chi connectivity index (χ1) is 17.5. The summed E-state index contributed by atoms with van der Waals surface area (Å²) in [6, 6.07) is 4.26. The lowest BCUT2D eigenvalue weighted by Crippen LogP contribution is -2.57. The second-order valence-corrected chi connectivity index (χ2v) is 12.9. The van der Waals surface area contributed by atoms with E-state index in [4.69, 9.17) is 9.72 Å². The monoisotopic (exact) mass is 552 g/mol. The second kappa shape index (κ2) is 10.1. The number of rotatable bonds is 4. The smallest absolute Gasteiger partial charge is 0.416 e. The second-order valence-electron chi connectivity index (χ2n) is 12.0. The molecule has 1 aromatic carbocycles. The lowest BCUT2D eigenvalue weighted by molar-refractivity contribution is -0.138. The number of fused-ring (bicyclic) bond motifs is 1. The highest BCUT2D eigenvalue weighted by Gasteiger charge is 2.50. The Morgan fingerprint density at radius 1 is 1.18 bits per heavy atom. The number of aromatic nitrogens is 1. The Kier molecular flexibility index (Phi) is 7.57. The van der Waals surface area contributed by atoms with Crippen LogP contribution in [0, 0.1) is 5.41 Å². The minimum atomic E-state index is -4.43. The largest absolute Gasteiger partial charge is 0.444 e. The van der Waals surface area contributed by atoms with E-state index >= 15 is 0 Å². The van der Waals surface area contributed by atoms with E-state index in [1.807, 2.05) is 31.1 Å². The first-order valence-electron chi connectivity index (χ1n) is 12.7. The Balaban J connectivity index is 1.56. The van der Waals surface area contributed by atoms with Gasteiger partial charge in [-0.25, -0.2) is 9.78 Å². The fourth-order valence-corrected chi connectivity index (χ4v) is 6.01. The summed E-state index contributed by atoms with van der Waals surface area (Å²) >= 11 is 1.29. The van der Waals surface area contributed by atoms with E-state index < -0.39 is 34.9 Å². The van der Waals surface area contributed by atoms with Gasteiger partial charge in [-0.1, -0.05) is 32.9 Å². The molecule has 4 atom stereocenters. The van der Waals surface area contributed by atoms with Gasteiger partial charge in [-0.2, -0.15) is 13.2 Å². The summed E-state index contributed by atoms with van der Waals surface area (Å²) in [6.07, 6.45) is -4.31. The molecule has 2 N–H and O–H groups in total. The van der Waals surface area contributed by atoms with Crippen LogP contribution in [0.15, 0.2) is 29.6 Å². The van der Waals surface area contributed by atoms with Crippen LogP contribution < -0.4 is 10.6 Å². The summed E-state index contributed by atoms with van der Waals surface area (Å²) in [5, 5.41) is 8.65. The number of nitrogens with one attached hydrogen (secondary N) is 2. The highest BCUT2D eigenvalue weighted by atomic mass is 32.1. The summed E-state index contributed by atoms with van der Waals surface area (Å²) in [5.41, 5.74) is -0.823. The number of alkyl halides is 3. The number of alkyl carbamates (subject to hydrolysis) is 1.